The van der Waals surface area contributed by atoms with E-state index in [2.05, 4.69) is 10.1 Å². The number of carbonyl (C=O) groups excluding carboxylic acids is 2. The standard InChI is InChI=1S/C15H17Cl2NO3/c1-9(2)14(15(20)21-3)18-13(19)8-7-10-11(16)5-4-6-12(10)17/h4-9,14H,1-3H3,(H,18,19)/b8-7+. The third-order valence-electron chi connectivity index (χ3n) is 2.82. The van der Waals surface area contributed by atoms with Crippen molar-refractivity contribution in [1.82, 2.24) is 5.32 Å². The van der Waals surface area contributed by atoms with Crippen LogP contribution in [-0.4, -0.2) is 25.0 Å². The summed E-state index contributed by atoms with van der Waals surface area (Å²) in [5.74, 6) is -0.990. The lowest BCUT2D eigenvalue weighted by Gasteiger charge is -2.18. The molecule has 1 N–H and O–H groups in total. The van der Waals surface area contributed by atoms with Gasteiger partial charge in [0.05, 0.1) is 7.11 Å². The zero-order valence-electron chi connectivity index (χ0n) is 12.0. The Kier molecular flexibility index (Phi) is 6.72. The molecule has 1 aromatic rings. The molecule has 0 saturated carbocycles. The van der Waals surface area contributed by atoms with Crippen LogP contribution in [0.25, 0.3) is 6.08 Å². The summed E-state index contributed by atoms with van der Waals surface area (Å²) in [5, 5.41) is 3.48. The number of carbonyl (C=O) groups is 2. The second-order valence-electron chi connectivity index (χ2n) is 4.72. The first-order valence-corrected chi connectivity index (χ1v) is 7.12. The molecule has 1 atom stereocenters. The van der Waals surface area contributed by atoms with Crippen molar-refractivity contribution in [2.24, 2.45) is 5.92 Å². The van der Waals surface area contributed by atoms with E-state index in [-0.39, 0.29) is 5.92 Å². The highest BCUT2D eigenvalue weighted by Gasteiger charge is 2.23. The number of ether oxygens (including phenoxy) is 1. The number of hydrogen-bond donors (Lipinski definition) is 1. The molecule has 21 heavy (non-hydrogen) atoms. The number of hydrogen-bond acceptors (Lipinski definition) is 3. The molecule has 0 saturated heterocycles. The molecule has 1 rings (SSSR count). The molecular weight excluding hydrogens is 313 g/mol. The first-order chi connectivity index (χ1) is 9.86. The van der Waals surface area contributed by atoms with Gasteiger partial charge < -0.3 is 10.1 Å². The van der Waals surface area contributed by atoms with Crippen molar-refractivity contribution < 1.29 is 14.3 Å². The third-order valence-corrected chi connectivity index (χ3v) is 3.48. The Morgan fingerprint density at radius 3 is 2.29 bits per heavy atom. The molecule has 1 aromatic carbocycles. The summed E-state index contributed by atoms with van der Waals surface area (Å²) >= 11 is 12.0. The number of methoxy groups -OCH3 is 1. The Bertz CT molecular complexity index is 536. The minimum Gasteiger partial charge on any atom is -0.467 e. The van der Waals surface area contributed by atoms with Gasteiger partial charge in [0.15, 0.2) is 0 Å². The number of esters is 1. The van der Waals surface area contributed by atoms with Gasteiger partial charge in [0, 0.05) is 21.7 Å². The summed E-state index contributed by atoms with van der Waals surface area (Å²) in [6.07, 6.45) is 2.79. The Balaban J connectivity index is 2.81. The third kappa shape index (κ3) is 5.06. The smallest absolute Gasteiger partial charge is 0.328 e. The highest BCUT2D eigenvalue weighted by atomic mass is 35.5. The zero-order chi connectivity index (χ0) is 16.0. The summed E-state index contributed by atoms with van der Waals surface area (Å²) in [6, 6.07) is 4.37. The van der Waals surface area contributed by atoms with E-state index < -0.39 is 17.9 Å². The number of halogens is 2. The molecule has 1 amide bonds. The largest absolute Gasteiger partial charge is 0.467 e. The molecule has 1 unspecified atom stereocenters. The molecule has 0 aromatic heterocycles. The van der Waals surface area contributed by atoms with Crippen LogP contribution in [0, 0.1) is 5.92 Å². The van der Waals surface area contributed by atoms with Crippen molar-refractivity contribution in [2.75, 3.05) is 7.11 Å². The second-order valence-corrected chi connectivity index (χ2v) is 5.54. The number of amides is 1. The number of nitrogens with one attached hydrogen (secondary N) is 1. The molecule has 6 heteroatoms. The summed E-state index contributed by atoms with van der Waals surface area (Å²) in [5.41, 5.74) is 0.551. The molecule has 0 aliphatic rings. The molecule has 0 spiro atoms. The average Bonchev–Trinajstić information content (AvgIpc) is 2.43. The maximum absolute atomic E-state index is 11.9. The minimum absolute atomic E-state index is 0.0845. The van der Waals surface area contributed by atoms with Gasteiger partial charge in [0.1, 0.15) is 6.04 Å². The molecule has 0 bridgehead atoms. The van der Waals surface area contributed by atoms with Gasteiger partial charge in [-0.05, 0) is 24.1 Å². The Morgan fingerprint density at radius 2 is 1.81 bits per heavy atom. The Labute approximate surface area is 134 Å². The van der Waals surface area contributed by atoms with Gasteiger partial charge in [-0.2, -0.15) is 0 Å². The van der Waals surface area contributed by atoms with Crippen molar-refractivity contribution in [2.45, 2.75) is 19.9 Å². The van der Waals surface area contributed by atoms with Crippen LogP contribution in [0.1, 0.15) is 19.4 Å². The van der Waals surface area contributed by atoms with Crippen LogP contribution >= 0.6 is 23.2 Å². The van der Waals surface area contributed by atoms with Gasteiger partial charge in [0.25, 0.3) is 0 Å². The van der Waals surface area contributed by atoms with Gasteiger partial charge >= 0.3 is 5.97 Å². The van der Waals surface area contributed by atoms with Crippen LogP contribution in [-0.2, 0) is 14.3 Å². The normalized spacial score (nSPS) is 12.5. The highest BCUT2D eigenvalue weighted by Crippen LogP contribution is 2.25. The Morgan fingerprint density at radius 1 is 1.24 bits per heavy atom. The molecule has 4 nitrogen and oxygen atoms in total. The van der Waals surface area contributed by atoms with E-state index in [0.717, 1.165) is 0 Å². The fourth-order valence-corrected chi connectivity index (χ4v) is 2.18. The molecule has 0 aliphatic carbocycles. The molecule has 114 valence electrons. The maximum atomic E-state index is 11.9. The van der Waals surface area contributed by atoms with Crippen molar-refractivity contribution >= 4 is 41.2 Å². The summed E-state index contributed by atoms with van der Waals surface area (Å²) < 4.78 is 4.66. The van der Waals surface area contributed by atoms with Crippen LogP contribution in [0.4, 0.5) is 0 Å². The van der Waals surface area contributed by atoms with Crippen LogP contribution in [0.3, 0.4) is 0 Å². The van der Waals surface area contributed by atoms with Gasteiger partial charge in [0.2, 0.25) is 5.91 Å². The quantitative estimate of drug-likeness (QED) is 0.666. The van der Waals surface area contributed by atoms with E-state index in [1.165, 1.54) is 19.3 Å². The fraction of sp³-hybridized carbons (Fsp3) is 0.333. The van der Waals surface area contributed by atoms with Crippen molar-refractivity contribution in [1.29, 1.82) is 0 Å². The van der Waals surface area contributed by atoms with Crippen LogP contribution < -0.4 is 5.32 Å². The van der Waals surface area contributed by atoms with E-state index >= 15 is 0 Å². The maximum Gasteiger partial charge on any atom is 0.328 e. The van der Waals surface area contributed by atoms with E-state index in [4.69, 9.17) is 23.2 Å². The zero-order valence-corrected chi connectivity index (χ0v) is 13.5. The predicted molar refractivity (Wildman–Crippen MR) is 84.3 cm³/mol. The van der Waals surface area contributed by atoms with Crippen LogP contribution in [0.2, 0.25) is 10.0 Å². The predicted octanol–water partition coefficient (Wildman–Crippen LogP) is 3.32. The summed E-state index contributed by atoms with van der Waals surface area (Å²) in [6.45, 7) is 3.63. The molecule has 0 radical (unpaired) electrons. The van der Waals surface area contributed by atoms with E-state index in [1.807, 2.05) is 13.8 Å². The number of rotatable bonds is 5. The van der Waals surface area contributed by atoms with E-state index in [1.54, 1.807) is 18.2 Å². The lowest BCUT2D eigenvalue weighted by Crippen LogP contribution is -2.44. The highest BCUT2D eigenvalue weighted by molar-refractivity contribution is 6.37. The second kappa shape index (κ2) is 8.05. The van der Waals surface area contributed by atoms with Gasteiger partial charge in [-0.3, -0.25) is 4.79 Å². The van der Waals surface area contributed by atoms with E-state index in [0.29, 0.717) is 15.6 Å². The SMILES string of the molecule is COC(=O)C(NC(=O)/C=C/c1c(Cl)cccc1Cl)C(C)C. The monoisotopic (exact) mass is 329 g/mol. The summed E-state index contributed by atoms with van der Waals surface area (Å²) in [4.78, 5) is 23.5. The molecule has 0 aliphatic heterocycles. The van der Waals surface area contributed by atoms with Crippen molar-refractivity contribution in [3.63, 3.8) is 0 Å². The van der Waals surface area contributed by atoms with Crippen molar-refractivity contribution in [3.05, 3.63) is 39.9 Å². The number of benzene rings is 1. The Hall–Kier alpha value is -1.52. The fourth-order valence-electron chi connectivity index (χ4n) is 1.66. The van der Waals surface area contributed by atoms with Gasteiger partial charge in [-0.15, -0.1) is 0 Å². The topological polar surface area (TPSA) is 55.4 Å². The molecule has 0 fully saturated rings. The average molecular weight is 330 g/mol. The molecular formula is C15H17Cl2NO3. The van der Waals surface area contributed by atoms with Gasteiger partial charge in [-0.25, -0.2) is 4.79 Å². The van der Waals surface area contributed by atoms with E-state index in [9.17, 15) is 9.59 Å². The van der Waals surface area contributed by atoms with Gasteiger partial charge in [-0.1, -0.05) is 43.1 Å². The first kappa shape index (κ1) is 17.5. The first-order valence-electron chi connectivity index (χ1n) is 6.37. The van der Waals surface area contributed by atoms with Crippen molar-refractivity contribution in [3.8, 4) is 0 Å². The van der Waals surface area contributed by atoms with Crippen LogP contribution in [0.15, 0.2) is 24.3 Å². The lowest BCUT2D eigenvalue weighted by molar-refractivity contribution is -0.145. The minimum atomic E-state index is -0.700. The lowest BCUT2D eigenvalue weighted by atomic mass is 10.0. The van der Waals surface area contributed by atoms with Crippen LogP contribution in [0.5, 0.6) is 0 Å². The molecule has 0 heterocycles. The summed E-state index contributed by atoms with van der Waals surface area (Å²) in [7, 11) is 1.28.